The minimum atomic E-state index is -0.871. The lowest BCUT2D eigenvalue weighted by Gasteiger charge is -2.27. The Hall–Kier alpha value is -4.05. The molecule has 0 bridgehead atoms. The average Bonchev–Trinajstić information content (AvgIpc) is 3.35. The third-order valence-electron chi connectivity index (χ3n) is 6.48. The van der Waals surface area contributed by atoms with Gasteiger partial charge in [-0.25, -0.2) is 4.98 Å². The molecule has 1 aliphatic heterocycles. The number of benzene rings is 1. The number of imidazole rings is 1. The highest BCUT2D eigenvalue weighted by molar-refractivity contribution is 6.46. The highest BCUT2D eigenvalue weighted by Gasteiger charge is 2.47. The number of carbonyl (C=O) groups excluding carboxylic acids is 2. The Labute approximate surface area is 215 Å². The van der Waals surface area contributed by atoms with E-state index in [9.17, 15) is 14.7 Å². The van der Waals surface area contributed by atoms with Gasteiger partial charge in [-0.15, -0.1) is 0 Å². The number of likely N-dealkylation sites (tertiary alicyclic amines) is 1. The Kier molecular flexibility index (Phi) is 7.40. The van der Waals surface area contributed by atoms with Gasteiger partial charge >= 0.3 is 0 Å². The van der Waals surface area contributed by atoms with Crippen molar-refractivity contribution in [2.75, 3.05) is 48.5 Å². The summed E-state index contributed by atoms with van der Waals surface area (Å²) in [7, 11) is 8.38. The number of nitrogens with zero attached hydrogens (tertiary/aromatic N) is 4. The van der Waals surface area contributed by atoms with E-state index in [2.05, 4.69) is 4.98 Å². The number of pyridine rings is 1. The van der Waals surface area contributed by atoms with Crippen molar-refractivity contribution >= 4 is 23.1 Å². The Bertz CT molecular complexity index is 1350. The smallest absolute Gasteiger partial charge is 0.295 e. The first-order valence-corrected chi connectivity index (χ1v) is 11.9. The van der Waals surface area contributed by atoms with Gasteiger partial charge in [0, 0.05) is 12.7 Å². The SMILES string of the molecule is COc1cc([C@@H]2C(=C(O)c3c(C)nc4ccccn34)C(=O)C(=O)N2CCCN(C)C)cc(OC)c1OC. The number of amides is 1. The molecule has 1 saturated heterocycles. The monoisotopic (exact) mass is 508 g/mol. The van der Waals surface area contributed by atoms with Gasteiger partial charge in [0.25, 0.3) is 11.7 Å². The summed E-state index contributed by atoms with van der Waals surface area (Å²) in [4.78, 5) is 34.8. The first kappa shape index (κ1) is 26.0. The zero-order valence-corrected chi connectivity index (χ0v) is 21.9. The summed E-state index contributed by atoms with van der Waals surface area (Å²) in [6, 6.07) is 7.98. The van der Waals surface area contributed by atoms with Crippen molar-refractivity contribution in [3.8, 4) is 17.2 Å². The molecule has 10 heteroatoms. The zero-order valence-electron chi connectivity index (χ0n) is 21.9. The molecule has 1 aromatic carbocycles. The number of ether oxygens (including phenoxy) is 3. The fraction of sp³-hybridized carbons (Fsp3) is 0.370. The van der Waals surface area contributed by atoms with Crippen LogP contribution in [0.5, 0.6) is 17.2 Å². The van der Waals surface area contributed by atoms with Crippen molar-refractivity contribution in [1.29, 1.82) is 0 Å². The van der Waals surface area contributed by atoms with Crippen LogP contribution in [0.1, 0.15) is 29.4 Å². The molecule has 196 valence electrons. The molecular weight excluding hydrogens is 476 g/mol. The van der Waals surface area contributed by atoms with E-state index in [1.807, 2.05) is 25.1 Å². The number of methoxy groups -OCH3 is 3. The van der Waals surface area contributed by atoms with E-state index in [-0.39, 0.29) is 11.3 Å². The molecule has 10 nitrogen and oxygen atoms in total. The van der Waals surface area contributed by atoms with Crippen LogP contribution >= 0.6 is 0 Å². The van der Waals surface area contributed by atoms with E-state index >= 15 is 0 Å². The van der Waals surface area contributed by atoms with Crippen molar-refractivity contribution in [2.45, 2.75) is 19.4 Å². The molecule has 1 N–H and O–H groups in total. The number of aromatic nitrogens is 2. The van der Waals surface area contributed by atoms with E-state index < -0.39 is 17.7 Å². The lowest BCUT2D eigenvalue weighted by Crippen LogP contribution is -2.32. The third kappa shape index (κ3) is 4.60. The van der Waals surface area contributed by atoms with Gasteiger partial charge in [-0.05, 0) is 63.8 Å². The van der Waals surface area contributed by atoms with Crippen LogP contribution in [0.25, 0.3) is 11.4 Å². The molecule has 37 heavy (non-hydrogen) atoms. The number of hydrogen-bond acceptors (Lipinski definition) is 8. The minimum Gasteiger partial charge on any atom is -0.505 e. The Morgan fingerprint density at radius 2 is 1.76 bits per heavy atom. The standard InChI is InChI=1S/C27H32N4O6/c1-16-22(30-12-8-7-10-20(30)28-16)24(32)21-23(31(27(34)25(21)33)13-9-11-29(2)3)17-14-18(35-4)26(37-6)19(15-17)36-5/h7-8,10,12,14-15,23,32H,9,11,13H2,1-6H3/t23-/m1/s1. The molecule has 1 amide bonds. The van der Waals surface area contributed by atoms with Gasteiger partial charge in [-0.3, -0.25) is 14.0 Å². The summed E-state index contributed by atoms with van der Waals surface area (Å²) in [5.41, 5.74) is 2.04. The normalized spacial score (nSPS) is 17.2. The molecule has 1 aliphatic rings. The van der Waals surface area contributed by atoms with Crippen molar-refractivity contribution in [3.05, 3.63) is 59.1 Å². The number of Topliss-reactive ketones (excluding diaryl/α,β-unsaturated/α-hetero) is 1. The predicted octanol–water partition coefficient (Wildman–Crippen LogP) is 3.04. The molecule has 3 heterocycles. The summed E-state index contributed by atoms with van der Waals surface area (Å²) in [6.07, 6.45) is 2.39. The van der Waals surface area contributed by atoms with Crippen molar-refractivity contribution in [1.82, 2.24) is 19.2 Å². The highest BCUT2D eigenvalue weighted by atomic mass is 16.5. The number of aryl methyl sites for hydroxylation is 1. The van der Waals surface area contributed by atoms with Crippen molar-refractivity contribution in [2.24, 2.45) is 0 Å². The predicted molar refractivity (Wildman–Crippen MR) is 138 cm³/mol. The van der Waals surface area contributed by atoms with Gasteiger partial charge in [0.2, 0.25) is 5.75 Å². The van der Waals surface area contributed by atoms with Crippen LogP contribution < -0.4 is 14.2 Å². The molecule has 0 unspecified atom stereocenters. The van der Waals surface area contributed by atoms with Crippen LogP contribution in [0, 0.1) is 6.92 Å². The molecule has 0 spiro atoms. The first-order chi connectivity index (χ1) is 17.7. The van der Waals surface area contributed by atoms with Gasteiger partial charge < -0.3 is 29.1 Å². The van der Waals surface area contributed by atoms with Crippen molar-refractivity contribution in [3.63, 3.8) is 0 Å². The van der Waals surface area contributed by atoms with Crippen LogP contribution in [0.15, 0.2) is 42.1 Å². The number of rotatable bonds is 9. The van der Waals surface area contributed by atoms with Crippen LogP contribution in [0.4, 0.5) is 0 Å². The maximum absolute atomic E-state index is 13.5. The van der Waals surface area contributed by atoms with E-state index in [0.717, 1.165) is 6.54 Å². The second-order valence-electron chi connectivity index (χ2n) is 9.08. The van der Waals surface area contributed by atoms with E-state index in [4.69, 9.17) is 14.2 Å². The lowest BCUT2D eigenvalue weighted by molar-refractivity contribution is -0.139. The number of fused-ring (bicyclic) bond motifs is 1. The first-order valence-electron chi connectivity index (χ1n) is 11.9. The highest BCUT2D eigenvalue weighted by Crippen LogP contribution is 2.46. The van der Waals surface area contributed by atoms with E-state index in [1.165, 1.54) is 26.2 Å². The average molecular weight is 509 g/mol. The maximum Gasteiger partial charge on any atom is 0.295 e. The van der Waals surface area contributed by atoms with E-state index in [1.54, 1.807) is 41.8 Å². The number of hydrogen-bond donors (Lipinski definition) is 1. The molecular formula is C27H32N4O6. The number of ketones is 1. The lowest BCUT2D eigenvalue weighted by atomic mass is 9.95. The topological polar surface area (TPSA) is 106 Å². The molecule has 1 fully saturated rings. The largest absolute Gasteiger partial charge is 0.505 e. The van der Waals surface area contributed by atoms with Gasteiger partial charge in [0.05, 0.1) is 38.6 Å². The van der Waals surface area contributed by atoms with E-state index in [0.29, 0.717) is 52.8 Å². The summed E-state index contributed by atoms with van der Waals surface area (Å²) in [5, 5.41) is 11.6. The van der Waals surface area contributed by atoms with Gasteiger partial charge in [-0.2, -0.15) is 0 Å². The maximum atomic E-state index is 13.5. The number of aliphatic hydroxyl groups excluding tert-OH is 1. The van der Waals surface area contributed by atoms with Crippen molar-refractivity contribution < 1.29 is 28.9 Å². The zero-order chi connectivity index (χ0) is 26.9. The Morgan fingerprint density at radius 3 is 2.35 bits per heavy atom. The fourth-order valence-corrected chi connectivity index (χ4v) is 4.80. The molecule has 1 atom stereocenters. The fourth-order valence-electron chi connectivity index (χ4n) is 4.80. The van der Waals surface area contributed by atoms with Gasteiger partial charge in [-0.1, -0.05) is 6.07 Å². The second-order valence-corrected chi connectivity index (χ2v) is 9.08. The molecule has 0 saturated carbocycles. The quantitative estimate of drug-likeness (QED) is 0.267. The van der Waals surface area contributed by atoms with Crippen LogP contribution in [-0.4, -0.2) is 84.5 Å². The minimum absolute atomic E-state index is 0.0159. The number of carbonyl (C=O) groups is 2. The molecule has 0 radical (unpaired) electrons. The van der Waals surface area contributed by atoms with Gasteiger partial charge in [0.1, 0.15) is 11.3 Å². The summed E-state index contributed by atoms with van der Waals surface area (Å²) in [5.74, 6) is -0.584. The molecule has 2 aromatic heterocycles. The summed E-state index contributed by atoms with van der Waals surface area (Å²) < 4.78 is 18.2. The van der Waals surface area contributed by atoms with Crippen LogP contribution in [-0.2, 0) is 9.59 Å². The molecule has 3 aromatic rings. The third-order valence-corrected chi connectivity index (χ3v) is 6.48. The second kappa shape index (κ2) is 10.5. The Morgan fingerprint density at radius 1 is 1.08 bits per heavy atom. The van der Waals surface area contributed by atoms with Crippen LogP contribution in [0.3, 0.4) is 0 Å². The van der Waals surface area contributed by atoms with Crippen LogP contribution in [0.2, 0.25) is 0 Å². The number of aliphatic hydroxyl groups is 1. The Balaban J connectivity index is 1.95. The summed E-state index contributed by atoms with van der Waals surface area (Å²) in [6.45, 7) is 2.79. The summed E-state index contributed by atoms with van der Waals surface area (Å²) >= 11 is 0. The molecule has 4 rings (SSSR count). The molecule has 0 aliphatic carbocycles. The van der Waals surface area contributed by atoms with Gasteiger partial charge in [0.15, 0.2) is 17.3 Å².